The van der Waals surface area contributed by atoms with Gasteiger partial charge in [0.2, 0.25) is 0 Å². The fourth-order valence-electron chi connectivity index (χ4n) is 1.47. The van der Waals surface area contributed by atoms with Crippen LogP contribution in [0.15, 0.2) is 12.7 Å². The van der Waals surface area contributed by atoms with E-state index >= 15 is 0 Å². The van der Waals surface area contributed by atoms with Crippen molar-refractivity contribution in [2.75, 3.05) is 13.1 Å². The van der Waals surface area contributed by atoms with Gasteiger partial charge in [-0.25, -0.2) is 0 Å². The number of carbonyl (C=O) groups is 1. The van der Waals surface area contributed by atoms with Crippen LogP contribution in [0, 0.1) is 5.41 Å². The number of piperidine rings is 1. The Hall–Kier alpha value is -0.630. The smallest absolute Gasteiger partial charge is 0.141 e. The largest absolute Gasteiger partial charge is 0.315 e. The van der Waals surface area contributed by atoms with E-state index in [9.17, 15) is 4.79 Å². The molecule has 0 amide bonds. The third-order valence-electron chi connectivity index (χ3n) is 2.31. The van der Waals surface area contributed by atoms with E-state index < -0.39 is 0 Å². The van der Waals surface area contributed by atoms with Crippen LogP contribution < -0.4 is 5.32 Å². The predicted molar refractivity (Wildman–Crippen MR) is 45.4 cm³/mol. The number of allylic oxidation sites excluding steroid dienone is 1. The van der Waals surface area contributed by atoms with Gasteiger partial charge in [-0.15, -0.1) is 6.58 Å². The monoisotopic (exact) mass is 153 g/mol. The van der Waals surface area contributed by atoms with Gasteiger partial charge in [0, 0.05) is 24.9 Å². The minimum atomic E-state index is -0.181. The van der Waals surface area contributed by atoms with Gasteiger partial charge in [0.1, 0.15) is 5.78 Å². The molecule has 1 atom stereocenters. The molecule has 62 valence electrons. The third kappa shape index (κ3) is 1.69. The molecule has 0 aromatic carbocycles. The van der Waals surface area contributed by atoms with Gasteiger partial charge in [-0.2, -0.15) is 0 Å². The van der Waals surface area contributed by atoms with Crippen molar-refractivity contribution in [3.05, 3.63) is 12.7 Å². The summed E-state index contributed by atoms with van der Waals surface area (Å²) in [5.74, 6) is 0.371. The molecule has 0 aromatic rings. The van der Waals surface area contributed by atoms with Gasteiger partial charge in [0.05, 0.1) is 0 Å². The summed E-state index contributed by atoms with van der Waals surface area (Å²) in [4.78, 5) is 11.4. The Morgan fingerprint density at radius 1 is 1.82 bits per heavy atom. The molecule has 1 saturated heterocycles. The maximum absolute atomic E-state index is 11.4. The fraction of sp³-hybridized carbons (Fsp3) is 0.667. The first kappa shape index (κ1) is 8.47. The second-order valence-corrected chi connectivity index (χ2v) is 3.40. The lowest BCUT2D eigenvalue weighted by molar-refractivity contribution is -0.129. The van der Waals surface area contributed by atoms with Crippen molar-refractivity contribution >= 4 is 5.78 Å². The van der Waals surface area contributed by atoms with Crippen LogP contribution >= 0.6 is 0 Å². The quantitative estimate of drug-likeness (QED) is 0.602. The first-order chi connectivity index (χ1) is 5.19. The predicted octanol–water partition coefficient (Wildman–Crippen LogP) is 1.13. The van der Waals surface area contributed by atoms with Gasteiger partial charge >= 0.3 is 0 Å². The van der Waals surface area contributed by atoms with Crippen LogP contribution in [-0.4, -0.2) is 18.9 Å². The summed E-state index contributed by atoms with van der Waals surface area (Å²) in [7, 11) is 0. The molecule has 0 radical (unpaired) electrons. The molecule has 0 spiro atoms. The SMILES string of the molecule is C=CCC1(C)CNCCC1=O. The highest BCUT2D eigenvalue weighted by atomic mass is 16.1. The van der Waals surface area contributed by atoms with E-state index in [-0.39, 0.29) is 5.41 Å². The Balaban J connectivity index is 2.64. The second kappa shape index (κ2) is 3.18. The van der Waals surface area contributed by atoms with Crippen LogP contribution in [0.2, 0.25) is 0 Å². The van der Waals surface area contributed by atoms with E-state index in [1.54, 1.807) is 0 Å². The van der Waals surface area contributed by atoms with Gasteiger partial charge in [-0.3, -0.25) is 4.79 Å². The highest BCUT2D eigenvalue weighted by Crippen LogP contribution is 2.25. The van der Waals surface area contributed by atoms with Gasteiger partial charge in [-0.05, 0) is 6.42 Å². The van der Waals surface area contributed by atoms with Crippen LogP contribution in [-0.2, 0) is 4.79 Å². The zero-order valence-electron chi connectivity index (χ0n) is 7.02. The first-order valence-electron chi connectivity index (χ1n) is 4.04. The number of ketones is 1. The summed E-state index contributed by atoms with van der Waals surface area (Å²) in [6.07, 6.45) is 3.29. The molecule has 1 aliphatic rings. The van der Waals surface area contributed by atoms with E-state index in [1.165, 1.54) is 0 Å². The maximum atomic E-state index is 11.4. The average Bonchev–Trinajstić information content (AvgIpc) is 1.96. The van der Waals surface area contributed by atoms with E-state index in [0.717, 1.165) is 19.5 Å². The molecule has 1 rings (SSSR count). The summed E-state index contributed by atoms with van der Waals surface area (Å²) < 4.78 is 0. The molecule has 1 unspecified atom stereocenters. The number of carbonyl (C=O) groups excluding carboxylic acids is 1. The van der Waals surface area contributed by atoms with Crippen molar-refractivity contribution in [2.24, 2.45) is 5.41 Å². The summed E-state index contributed by atoms with van der Waals surface area (Å²) in [5, 5.41) is 3.22. The van der Waals surface area contributed by atoms with Gasteiger partial charge in [0.15, 0.2) is 0 Å². The molecule has 2 nitrogen and oxygen atoms in total. The van der Waals surface area contributed by atoms with Crippen LogP contribution in [0.1, 0.15) is 19.8 Å². The van der Waals surface area contributed by atoms with Crippen molar-refractivity contribution in [3.8, 4) is 0 Å². The molecule has 1 heterocycles. The van der Waals surface area contributed by atoms with Gasteiger partial charge < -0.3 is 5.32 Å². The lowest BCUT2D eigenvalue weighted by Crippen LogP contribution is -2.44. The Kier molecular flexibility index (Phi) is 2.45. The van der Waals surface area contributed by atoms with E-state index in [4.69, 9.17) is 0 Å². The normalized spacial score (nSPS) is 31.9. The molecule has 0 aliphatic carbocycles. The zero-order valence-corrected chi connectivity index (χ0v) is 7.02. The topological polar surface area (TPSA) is 29.1 Å². The third-order valence-corrected chi connectivity index (χ3v) is 2.31. The summed E-state index contributed by atoms with van der Waals surface area (Å²) in [6.45, 7) is 7.30. The first-order valence-corrected chi connectivity index (χ1v) is 4.04. The van der Waals surface area contributed by atoms with Crippen LogP contribution in [0.25, 0.3) is 0 Å². The zero-order chi connectivity index (χ0) is 8.32. The maximum Gasteiger partial charge on any atom is 0.141 e. The van der Waals surface area contributed by atoms with Gasteiger partial charge in [0.25, 0.3) is 0 Å². The molecule has 1 fully saturated rings. The highest BCUT2D eigenvalue weighted by molar-refractivity contribution is 5.85. The Morgan fingerprint density at radius 2 is 2.55 bits per heavy atom. The van der Waals surface area contributed by atoms with E-state index in [2.05, 4.69) is 11.9 Å². The molecule has 1 aliphatic heterocycles. The standard InChI is InChI=1S/C9H15NO/c1-3-5-9(2)7-10-6-4-8(9)11/h3,10H,1,4-7H2,2H3. The Labute approximate surface area is 67.7 Å². The molecule has 1 N–H and O–H groups in total. The second-order valence-electron chi connectivity index (χ2n) is 3.40. The molecule has 0 saturated carbocycles. The molecular weight excluding hydrogens is 138 g/mol. The number of rotatable bonds is 2. The van der Waals surface area contributed by atoms with Gasteiger partial charge in [-0.1, -0.05) is 13.0 Å². The number of Topliss-reactive ketones (excluding diaryl/α,β-unsaturated/α-hetero) is 1. The summed E-state index contributed by atoms with van der Waals surface area (Å²) >= 11 is 0. The van der Waals surface area contributed by atoms with Crippen LogP contribution in [0.3, 0.4) is 0 Å². The van der Waals surface area contributed by atoms with Crippen molar-refractivity contribution in [1.82, 2.24) is 5.32 Å². The number of hydrogen-bond acceptors (Lipinski definition) is 2. The van der Waals surface area contributed by atoms with Crippen molar-refractivity contribution in [2.45, 2.75) is 19.8 Å². The molecule has 0 aromatic heterocycles. The highest BCUT2D eigenvalue weighted by Gasteiger charge is 2.33. The summed E-state index contributed by atoms with van der Waals surface area (Å²) in [5.41, 5.74) is -0.181. The summed E-state index contributed by atoms with van der Waals surface area (Å²) in [6, 6.07) is 0. The van der Waals surface area contributed by atoms with Crippen molar-refractivity contribution < 1.29 is 4.79 Å². The Bertz CT molecular complexity index is 176. The van der Waals surface area contributed by atoms with Crippen molar-refractivity contribution in [1.29, 1.82) is 0 Å². The molecule has 2 heteroatoms. The van der Waals surface area contributed by atoms with Crippen molar-refractivity contribution in [3.63, 3.8) is 0 Å². The van der Waals surface area contributed by atoms with E-state index in [0.29, 0.717) is 12.2 Å². The van der Waals surface area contributed by atoms with Crippen LogP contribution in [0.4, 0.5) is 0 Å². The Morgan fingerprint density at radius 3 is 3.09 bits per heavy atom. The minimum absolute atomic E-state index is 0.181. The fourth-order valence-corrected chi connectivity index (χ4v) is 1.47. The molecule has 0 bridgehead atoms. The lowest BCUT2D eigenvalue weighted by atomic mass is 9.79. The lowest BCUT2D eigenvalue weighted by Gasteiger charge is -2.31. The van der Waals surface area contributed by atoms with Crippen LogP contribution in [0.5, 0.6) is 0 Å². The molecular formula is C9H15NO. The number of nitrogens with one attached hydrogen (secondary N) is 1. The molecule has 11 heavy (non-hydrogen) atoms. The average molecular weight is 153 g/mol. The van der Waals surface area contributed by atoms with E-state index in [1.807, 2.05) is 13.0 Å². The minimum Gasteiger partial charge on any atom is -0.315 e. The number of hydrogen-bond donors (Lipinski definition) is 1.